The zero-order chi connectivity index (χ0) is 18.0. The van der Waals surface area contributed by atoms with Gasteiger partial charge in [-0.2, -0.15) is 0 Å². The highest BCUT2D eigenvalue weighted by Gasteiger charge is 2.41. The number of Topliss-reactive ketones (excluding diaryl/α,β-unsaturated/α-hetero) is 2. The summed E-state index contributed by atoms with van der Waals surface area (Å²) in [6.07, 6.45) is 0. The zero-order valence-corrected chi connectivity index (χ0v) is 14.7. The van der Waals surface area contributed by atoms with Gasteiger partial charge in [-0.25, -0.2) is 0 Å². The van der Waals surface area contributed by atoms with Gasteiger partial charge >= 0.3 is 0 Å². The first kappa shape index (κ1) is 15.3. The maximum absolute atomic E-state index is 11.9. The van der Waals surface area contributed by atoms with Crippen LogP contribution in [0.5, 0.6) is 0 Å². The molecule has 3 aliphatic rings. The average Bonchev–Trinajstić information content (AvgIpc) is 2.66. The van der Waals surface area contributed by atoms with Crippen LogP contribution in [0.2, 0.25) is 0 Å². The summed E-state index contributed by atoms with van der Waals surface area (Å²) in [4.78, 5) is 23.9. The van der Waals surface area contributed by atoms with Crippen molar-refractivity contribution in [1.82, 2.24) is 0 Å². The first-order chi connectivity index (χ1) is 12.6. The van der Waals surface area contributed by atoms with Crippen molar-refractivity contribution in [2.24, 2.45) is 0 Å². The molecule has 0 radical (unpaired) electrons. The van der Waals surface area contributed by atoms with E-state index >= 15 is 0 Å². The van der Waals surface area contributed by atoms with E-state index in [2.05, 4.69) is 48.5 Å². The number of hydrogen-bond acceptors (Lipinski definition) is 2. The summed E-state index contributed by atoms with van der Waals surface area (Å²) in [7, 11) is 0. The minimum absolute atomic E-state index is 0.0831. The Morgan fingerprint density at radius 3 is 1.38 bits per heavy atom. The van der Waals surface area contributed by atoms with Crippen LogP contribution in [0.3, 0.4) is 0 Å². The Kier molecular flexibility index (Phi) is 3.08. The number of rotatable bonds is 2. The molecule has 0 atom stereocenters. The number of hydrogen-bond donors (Lipinski definition) is 0. The molecule has 0 heterocycles. The standard InChI is InChI=1S/C24H18O2/c1-13(25)15-7-9-19-21(11-15)24-18-6-4-3-5-17(18)23(19)20-10-8-16(14(2)26)12-22(20)24/h3-12,23-24H,1-2H3. The second-order valence-electron chi connectivity index (χ2n) is 7.29. The second kappa shape index (κ2) is 5.25. The summed E-state index contributed by atoms with van der Waals surface area (Å²) >= 11 is 0. The molecule has 0 N–H and O–H groups in total. The van der Waals surface area contributed by atoms with Crippen LogP contribution < -0.4 is 0 Å². The first-order valence-corrected chi connectivity index (χ1v) is 8.94. The minimum atomic E-state index is 0.0831. The molecule has 0 fully saturated rings. The summed E-state index contributed by atoms with van der Waals surface area (Å²) in [6.45, 7) is 3.22. The Balaban J connectivity index is 1.83. The van der Waals surface area contributed by atoms with E-state index in [4.69, 9.17) is 0 Å². The van der Waals surface area contributed by atoms with Crippen LogP contribution in [-0.4, -0.2) is 11.6 Å². The minimum Gasteiger partial charge on any atom is -0.295 e. The van der Waals surface area contributed by atoms with Crippen LogP contribution in [0.4, 0.5) is 0 Å². The van der Waals surface area contributed by atoms with E-state index in [1.165, 1.54) is 33.4 Å². The molecule has 0 amide bonds. The Morgan fingerprint density at radius 1 is 0.577 bits per heavy atom. The molecule has 2 bridgehead atoms. The summed E-state index contributed by atoms with van der Waals surface area (Å²) in [5, 5.41) is 0. The van der Waals surface area contributed by atoms with Crippen molar-refractivity contribution in [1.29, 1.82) is 0 Å². The van der Waals surface area contributed by atoms with Crippen LogP contribution in [0.1, 0.15) is 79.8 Å². The van der Waals surface area contributed by atoms with Gasteiger partial charge in [0, 0.05) is 23.0 Å². The van der Waals surface area contributed by atoms with Gasteiger partial charge < -0.3 is 0 Å². The molecule has 3 aliphatic carbocycles. The first-order valence-electron chi connectivity index (χ1n) is 8.94. The number of ketones is 2. The van der Waals surface area contributed by atoms with Crippen LogP contribution >= 0.6 is 0 Å². The Bertz CT molecular complexity index is 1040. The van der Waals surface area contributed by atoms with Crippen molar-refractivity contribution < 1.29 is 9.59 Å². The SMILES string of the molecule is CC(=O)c1ccc2c(c1)C1c3ccccc3C2c2ccc(C(C)=O)cc21. The van der Waals surface area contributed by atoms with Crippen LogP contribution in [-0.2, 0) is 0 Å². The highest BCUT2D eigenvalue weighted by atomic mass is 16.1. The maximum atomic E-state index is 11.9. The molecule has 26 heavy (non-hydrogen) atoms. The van der Waals surface area contributed by atoms with Crippen molar-refractivity contribution in [3.63, 3.8) is 0 Å². The zero-order valence-electron chi connectivity index (χ0n) is 14.7. The largest absolute Gasteiger partial charge is 0.295 e. The molecule has 0 aromatic heterocycles. The van der Waals surface area contributed by atoms with Gasteiger partial charge in [0.1, 0.15) is 0 Å². The van der Waals surface area contributed by atoms with Crippen LogP contribution in [0.25, 0.3) is 0 Å². The summed E-state index contributed by atoms with van der Waals surface area (Å²) in [5.41, 5.74) is 9.09. The predicted molar refractivity (Wildman–Crippen MR) is 101 cm³/mol. The van der Waals surface area contributed by atoms with Crippen molar-refractivity contribution in [3.8, 4) is 0 Å². The topological polar surface area (TPSA) is 34.1 Å². The third-order valence-electron chi connectivity index (χ3n) is 5.85. The van der Waals surface area contributed by atoms with Gasteiger partial charge in [0.15, 0.2) is 11.6 Å². The van der Waals surface area contributed by atoms with E-state index in [1.54, 1.807) is 13.8 Å². The van der Waals surface area contributed by atoms with Gasteiger partial charge in [-0.3, -0.25) is 9.59 Å². The van der Waals surface area contributed by atoms with E-state index < -0.39 is 0 Å². The van der Waals surface area contributed by atoms with Crippen molar-refractivity contribution >= 4 is 11.6 Å². The summed E-state index contributed by atoms with van der Waals surface area (Å²) < 4.78 is 0. The van der Waals surface area contributed by atoms with Gasteiger partial charge in [-0.1, -0.05) is 48.5 Å². The van der Waals surface area contributed by atoms with Crippen molar-refractivity contribution in [2.45, 2.75) is 25.7 Å². The molecule has 0 spiro atoms. The lowest BCUT2D eigenvalue weighted by molar-refractivity contribution is 0.100. The van der Waals surface area contributed by atoms with Gasteiger partial charge in [-0.15, -0.1) is 0 Å². The highest BCUT2D eigenvalue weighted by Crippen LogP contribution is 2.55. The summed E-state index contributed by atoms with van der Waals surface area (Å²) in [5.74, 6) is 0.420. The smallest absolute Gasteiger partial charge is 0.159 e. The Labute approximate surface area is 152 Å². The van der Waals surface area contributed by atoms with E-state index in [1.807, 2.05) is 12.1 Å². The van der Waals surface area contributed by atoms with Crippen LogP contribution in [0, 0.1) is 0 Å². The van der Waals surface area contributed by atoms with E-state index in [-0.39, 0.29) is 23.4 Å². The monoisotopic (exact) mass is 338 g/mol. The average molecular weight is 338 g/mol. The molecule has 3 aromatic carbocycles. The van der Waals surface area contributed by atoms with Crippen molar-refractivity contribution in [2.75, 3.05) is 0 Å². The molecule has 2 heteroatoms. The second-order valence-corrected chi connectivity index (χ2v) is 7.29. The molecule has 6 rings (SSSR count). The van der Waals surface area contributed by atoms with Gasteiger partial charge in [0.25, 0.3) is 0 Å². The number of carbonyl (C=O) groups excluding carboxylic acids is 2. The Hall–Kier alpha value is -3.00. The van der Waals surface area contributed by atoms with Crippen LogP contribution in [0.15, 0.2) is 60.7 Å². The lowest BCUT2D eigenvalue weighted by atomic mass is 9.60. The van der Waals surface area contributed by atoms with E-state index in [0.717, 1.165) is 11.1 Å². The predicted octanol–water partition coefficient (Wildman–Crippen LogP) is 5.08. The molecular formula is C24H18O2. The number of carbonyl (C=O) groups is 2. The molecule has 3 aromatic rings. The van der Waals surface area contributed by atoms with E-state index in [9.17, 15) is 9.59 Å². The Morgan fingerprint density at radius 2 is 0.962 bits per heavy atom. The molecule has 2 nitrogen and oxygen atoms in total. The molecule has 0 saturated heterocycles. The quantitative estimate of drug-likeness (QED) is 0.421. The molecular weight excluding hydrogens is 320 g/mol. The third kappa shape index (κ3) is 1.93. The maximum Gasteiger partial charge on any atom is 0.159 e. The van der Waals surface area contributed by atoms with Gasteiger partial charge in [0.2, 0.25) is 0 Å². The van der Waals surface area contributed by atoms with Crippen molar-refractivity contribution in [3.05, 3.63) is 105 Å². The fourth-order valence-corrected chi connectivity index (χ4v) is 4.66. The highest BCUT2D eigenvalue weighted by molar-refractivity contribution is 5.95. The fourth-order valence-electron chi connectivity index (χ4n) is 4.66. The van der Waals surface area contributed by atoms with E-state index in [0.29, 0.717) is 0 Å². The molecule has 0 aliphatic heterocycles. The lowest BCUT2D eigenvalue weighted by Gasteiger charge is -2.42. The molecule has 0 unspecified atom stereocenters. The van der Waals surface area contributed by atoms with Gasteiger partial charge in [-0.05, 0) is 59.4 Å². The third-order valence-corrected chi connectivity index (χ3v) is 5.85. The summed E-state index contributed by atoms with van der Waals surface area (Å²) in [6, 6.07) is 20.8. The lowest BCUT2D eigenvalue weighted by Crippen LogP contribution is -2.28. The fraction of sp³-hybridized carbons (Fsp3) is 0.167. The number of benzene rings is 3. The van der Waals surface area contributed by atoms with Gasteiger partial charge in [0.05, 0.1) is 0 Å². The normalized spacial score (nSPS) is 18.7. The molecule has 126 valence electrons. The molecule has 0 saturated carbocycles.